The predicted octanol–water partition coefficient (Wildman–Crippen LogP) is 4.15. The van der Waals surface area contributed by atoms with Gasteiger partial charge in [0.25, 0.3) is 0 Å². The molecule has 4 nitrogen and oxygen atoms in total. The molecule has 0 radical (unpaired) electrons. The molecule has 1 aliphatic rings. The minimum Gasteiger partial charge on any atom is -0.372 e. The van der Waals surface area contributed by atoms with E-state index in [4.69, 9.17) is 4.79 Å². The summed E-state index contributed by atoms with van der Waals surface area (Å²) < 4.78 is 24.8. The first-order valence-electron chi connectivity index (χ1n) is 7.50. The highest BCUT2D eigenvalue weighted by Crippen LogP contribution is 2.19. The summed E-state index contributed by atoms with van der Waals surface area (Å²) >= 11 is 3.03. The first-order chi connectivity index (χ1) is 12.5. The van der Waals surface area contributed by atoms with Crippen molar-refractivity contribution >= 4 is 40.0 Å². The Kier molecular flexibility index (Phi) is 9.71. The molecule has 1 amide bonds. The minimum absolute atomic E-state index is 0.0370. The van der Waals surface area contributed by atoms with Crippen molar-refractivity contribution in [3.63, 3.8) is 0 Å². The van der Waals surface area contributed by atoms with Crippen molar-refractivity contribution in [1.82, 2.24) is 0 Å². The van der Waals surface area contributed by atoms with Crippen LogP contribution in [-0.2, 0) is 4.79 Å². The molecular formula is C19H17BrF2N2O2. The molecule has 0 saturated heterocycles. The lowest BCUT2D eigenvalue weighted by atomic mass is 10.1. The number of primary amides is 1. The van der Waals surface area contributed by atoms with Crippen LogP contribution in [0.2, 0.25) is 0 Å². The van der Waals surface area contributed by atoms with Gasteiger partial charge in [-0.05, 0) is 54.1 Å². The van der Waals surface area contributed by atoms with Gasteiger partial charge in [0.1, 0.15) is 11.6 Å². The monoisotopic (exact) mass is 422 g/mol. The number of nitrogens with zero attached hydrogens (tertiary/aromatic N) is 1. The maximum atomic E-state index is 12.5. The molecule has 2 aromatic carbocycles. The van der Waals surface area contributed by atoms with E-state index in [1.165, 1.54) is 36.4 Å². The summed E-state index contributed by atoms with van der Waals surface area (Å²) in [5.74, 6) is -0.567. The molecule has 0 spiro atoms. The van der Waals surface area contributed by atoms with E-state index in [1.54, 1.807) is 12.1 Å². The van der Waals surface area contributed by atoms with Crippen LogP contribution in [0.4, 0.5) is 8.78 Å². The number of halogens is 3. The molecule has 0 bridgehead atoms. The number of allylic oxidation sites excluding steroid dienone is 1. The Morgan fingerprint density at radius 2 is 1.58 bits per heavy atom. The van der Waals surface area contributed by atoms with Crippen LogP contribution in [0.1, 0.15) is 22.3 Å². The van der Waals surface area contributed by atoms with Crippen LogP contribution in [0.5, 0.6) is 0 Å². The van der Waals surface area contributed by atoms with Gasteiger partial charge in [0, 0.05) is 18.2 Å². The van der Waals surface area contributed by atoms with Crippen molar-refractivity contribution in [2.75, 3.05) is 5.33 Å². The number of aliphatic imine (C=N–C) groups is 1. The highest BCUT2D eigenvalue weighted by molar-refractivity contribution is 9.09. The summed E-state index contributed by atoms with van der Waals surface area (Å²) in [5, 5.41) is 0.276. The van der Waals surface area contributed by atoms with Crippen LogP contribution < -0.4 is 5.73 Å². The average molecular weight is 423 g/mol. The third-order valence-corrected chi connectivity index (χ3v) is 3.58. The molecule has 3 rings (SSSR count). The number of rotatable bonds is 3. The Hall–Kier alpha value is -2.67. The number of ketones is 1. The Bertz CT molecular complexity index is 773. The van der Waals surface area contributed by atoms with E-state index in [-0.39, 0.29) is 29.2 Å². The first kappa shape index (κ1) is 21.4. The molecule has 0 aromatic heterocycles. The summed E-state index contributed by atoms with van der Waals surface area (Å²) in [4.78, 5) is 23.7. The van der Waals surface area contributed by atoms with Crippen molar-refractivity contribution in [1.29, 1.82) is 0 Å². The van der Waals surface area contributed by atoms with Gasteiger partial charge in [-0.25, -0.2) is 8.78 Å². The first-order valence-corrected chi connectivity index (χ1v) is 8.62. The van der Waals surface area contributed by atoms with Crippen molar-refractivity contribution in [2.24, 2.45) is 10.7 Å². The van der Waals surface area contributed by atoms with Crippen LogP contribution in [0, 0.1) is 11.6 Å². The quantitative estimate of drug-likeness (QED) is 0.458. The molecule has 0 unspecified atom stereocenters. The maximum Gasteiger partial charge on any atom is 0.204 e. The molecule has 0 saturated carbocycles. The second-order valence-corrected chi connectivity index (χ2v) is 5.40. The zero-order chi connectivity index (χ0) is 19.4. The number of amides is 1. The fraction of sp³-hybridized carbons (Fsp3) is 0.105. The van der Waals surface area contributed by atoms with Gasteiger partial charge in [0.2, 0.25) is 6.41 Å². The number of hydrogen-bond donors (Lipinski definition) is 1. The van der Waals surface area contributed by atoms with Gasteiger partial charge in [-0.15, -0.1) is 0 Å². The zero-order valence-corrected chi connectivity index (χ0v) is 15.3. The van der Waals surface area contributed by atoms with Gasteiger partial charge in [0.05, 0.1) is 11.0 Å². The lowest BCUT2D eigenvalue weighted by molar-refractivity contribution is -0.106. The molecular weight excluding hydrogens is 406 g/mol. The number of carbonyl (C=O) groups excluding carboxylic acids is 2. The number of benzene rings is 2. The fourth-order valence-corrected chi connectivity index (χ4v) is 2.22. The van der Waals surface area contributed by atoms with Crippen molar-refractivity contribution < 1.29 is 18.4 Å². The van der Waals surface area contributed by atoms with E-state index in [2.05, 4.69) is 26.7 Å². The third-order valence-electron chi connectivity index (χ3n) is 3.07. The zero-order valence-electron chi connectivity index (χ0n) is 13.7. The topological polar surface area (TPSA) is 72.5 Å². The van der Waals surface area contributed by atoms with E-state index in [9.17, 15) is 13.6 Å². The van der Waals surface area contributed by atoms with Gasteiger partial charge in [-0.1, -0.05) is 22.0 Å². The van der Waals surface area contributed by atoms with Crippen molar-refractivity contribution in [2.45, 2.75) is 6.42 Å². The summed E-state index contributed by atoms with van der Waals surface area (Å²) in [5.41, 5.74) is 6.61. The molecule has 0 aliphatic carbocycles. The van der Waals surface area contributed by atoms with E-state index >= 15 is 0 Å². The molecule has 136 valence electrons. The molecule has 7 heteroatoms. The number of alkyl halides is 1. The van der Waals surface area contributed by atoms with Gasteiger partial charge in [0.15, 0.2) is 5.78 Å². The predicted molar refractivity (Wildman–Crippen MR) is 102 cm³/mol. The SMILES string of the molecule is Fc1ccc(C2=CCC=N2)cc1.NC=O.O=C(CBr)c1ccc(F)cc1. The number of hydrogen-bond acceptors (Lipinski definition) is 3. The molecule has 1 aliphatic heterocycles. The average Bonchev–Trinajstić information content (AvgIpc) is 3.18. The third kappa shape index (κ3) is 7.48. The second-order valence-electron chi connectivity index (χ2n) is 4.84. The van der Waals surface area contributed by atoms with Crippen LogP contribution >= 0.6 is 15.9 Å². The summed E-state index contributed by atoms with van der Waals surface area (Å²) in [6.07, 6.45) is 5.00. The lowest BCUT2D eigenvalue weighted by Gasteiger charge is -1.97. The van der Waals surface area contributed by atoms with E-state index in [0.29, 0.717) is 5.56 Å². The minimum atomic E-state index is -0.323. The molecule has 1 heterocycles. The van der Waals surface area contributed by atoms with Crippen LogP contribution in [0.3, 0.4) is 0 Å². The van der Waals surface area contributed by atoms with Crippen molar-refractivity contribution in [3.8, 4) is 0 Å². The number of Topliss-reactive ketones (excluding diaryl/α,β-unsaturated/α-hetero) is 1. The fourth-order valence-electron chi connectivity index (χ4n) is 1.89. The number of nitrogens with two attached hydrogens (primary N) is 1. The standard InChI is InChI=1S/C10H8FN.C8H6BrFO.CH3NO/c11-9-5-3-8(4-6-9)10-2-1-7-12-10;9-5-8(11)6-1-3-7(10)4-2-6;2-1-3/h2-7H,1H2;1-4H,5H2;1H,(H2,2,3). The smallest absolute Gasteiger partial charge is 0.204 e. The highest BCUT2D eigenvalue weighted by atomic mass is 79.9. The normalized spacial score (nSPS) is 11.4. The summed E-state index contributed by atoms with van der Waals surface area (Å²) in [7, 11) is 0. The molecule has 26 heavy (non-hydrogen) atoms. The Morgan fingerprint density at radius 3 is 2.00 bits per heavy atom. The Labute approximate surface area is 158 Å². The van der Waals surface area contributed by atoms with Crippen LogP contribution in [0.15, 0.2) is 59.6 Å². The van der Waals surface area contributed by atoms with Gasteiger partial charge in [-0.2, -0.15) is 0 Å². The van der Waals surface area contributed by atoms with Gasteiger partial charge in [-0.3, -0.25) is 14.6 Å². The Morgan fingerprint density at radius 1 is 1.08 bits per heavy atom. The van der Waals surface area contributed by atoms with Gasteiger partial charge < -0.3 is 5.73 Å². The molecule has 2 aromatic rings. The second kappa shape index (κ2) is 11.8. The van der Waals surface area contributed by atoms with E-state index < -0.39 is 0 Å². The number of carbonyl (C=O) groups is 2. The molecule has 2 N–H and O–H groups in total. The highest BCUT2D eigenvalue weighted by Gasteiger charge is 2.02. The van der Waals surface area contributed by atoms with Crippen LogP contribution in [-0.4, -0.2) is 23.7 Å². The lowest BCUT2D eigenvalue weighted by Crippen LogP contribution is -1.98. The molecule has 0 atom stereocenters. The molecule has 0 fully saturated rings. The van der Waals surface area contributed by atoms with Gasteiger partial charge >= 0.3 is 0 Å². The van der Waals surface area contributed by atoms with E-state index in [0.717, 1.165) is 17.7 Å². The summed E-state index contributed by atoms with van der Waals surface area (Å²) in [6.45, 7) is 0. The maximum absolute atomic E-state index is 12.5. The van der Waals surface area contributed by atoms with Crippen LogP contribution in [0.25, 0.3) is 5.70 Å². The Balaban J connectivity index is 0.000000227. The largest absolute Gasteiger partial charge is 0.372 e. The summed E-state index contributed by atoms with van der Waals surface area (Å²) in [6, 6.07) is 11.9. The van der Waals surface area contributed by atoms with Crippen molar-refractivity contribution in [3.05, 3.63) is 77.4 Å². The van der Waals surface area contributed by atoms with E-state index in [1.807, 2.05) is 12.3 Å².